The van der Waals surface area contributed by atoms with Crippen LogP contribution in [0, 0.1) is 0 Å². The van der Waals surface area contributed by atoms with Gasteiger partial charge < -0.3 is 15.3 Å². The van der Waals surface area contributed by atoms with Gasteiger partial charge in [-0.3, -0.25) is 0 Å². The fraction of sp³-hybridized carbons (Fsp3) is 0.278. The van der Waals surface area contributed by atoms with Crippen molar-refractivity contribution < 1.29 is 9.90 Å². The van der Waals surface area contributed by atoms with Crippen LogP contribution in [0.15, 0.2) is 60.7 Å². The molecule has 0 unspecified atom stereocenters. The summed E-state index contributed by atoms with van der Waals surface area (Å²) < 4.78 is 0. The molecule has 0 spiro atoms. The van der Waals surface area contributed by atoms with Gasteiger partial charge in [0.2, 0.25) is 0 Å². The minimum Gasteiger partial charge on any atom is -0.465 e. The van der Waals surface area contributed by atoms with Crippen LogP contribution >= 0.6 is 12.4 Å². The standard InChI is InChI=1S/C18H20N2O2.ClH/c21-18(22)20-12-11-19-16(13-20)17(14-7-3-1-4-8-14)15-9-5-2-6-10-15;/h1-10,16-17,19H,11-13H2,(H,21,22);1H/t16-;/m0./s1. The van der Waals surface area contributed by atoms with E-state index < -0.39 is 6.09 Å². The number of piperazine rings is 1. The highest BCUT2D eigenvalue weighted by atomic mass is 35.5. The Kier molecular flexibility index (Phi) is 6.02. The summed E-state index contributed by atoms with van der Waals surface area (Å²) in [7, 11) is 0. The first-order valence-electron chi connectivity index (χ1n) is 7.57. The number of nitrogens with zero attached hydrogens (tertiary/aromatic N) is 1. The van der Waals surface area contributed by atoms with Crippen molar-refractivity contribution >= 4 is 18.5 Å². The van der Waals surface area contributed by atoms with Gasteiger partial charge in [0.05, 0.1) is 0 Å². The molecule has 2 aromatic carbocycles. The second kappa shape index (κ2) is 7.99. The Labute approximate surface area is 142 Å². The van der Waals surface area contributed by atoms with Gasteiger partial charge in [-0.2, -0.15) is 0 Å². The average Bonchev–Trinajstić information content (AvgIpc) is 2.57. The van der Waals surface area contributed by atoms with Gasteiger partial charge >= 0.3 is 6.09 Å². The lowest BCUT2D eigenvalue weighted by molar-refractivity contribution is 0.126. The van der Waals surface area contributed by atoms with Crippen molar-refractivity contribution in [2.75, 3.05) is 19.6 Å². The van der Waals surface area contributed by atoms with Crippen molar-refractivity contribution in [2.45, 2.75) is 12.0 Å². The lowest BCUT2D eigenvalue weighted by Gasteiger charge is -2.37. The van der Waals surface area contributed by atoms with E-state index in [0.29, 0.717) is 19.6 Å². The Hall–Kier alpha value is -2.04. The summed E-state index contributed by atoms with van der Waals surface area (Å²) in [5.74, 6) is 0.143. The first-order valence-corrected chi connectivity index (χ1v) is 7.57. The van der Waals surface area contributed by atoms with Gasteiger partial charge in [0, 0.05) is 31.6 Å². The van der Waals surface area contributed by atoms with Crippen LogP contribution in [0.25, 0.3) is 0 Å². The molecule has 0 aliphatic carbocycles. The number of hydrogen-bond acceptors (Lipinski definition) is 2. The minimum absolute atomic E-state index is 0. The second-order valence-electron chi connectivity index (χ2n) is 5.59. The number of carboxylic acid groups (broad SMARTS) is 1. The molecule has 1 aliphatic heterocycles. The van der Waals surface area contributed by atoms with E-state index in [-0.39, 0.29) is 24.4 Å². The zero-order valence-corrected chi connectivity index (χ0v) is 13.6. The van der Waals surface area contributed by atoms with Crippen LogP contribution in [-0.2, 0) is 0 Å². The topological polar surface area (TPSA) is 52.6 Å². The fourth-order valence-electron chi connectivity index (χ4n) is 3.15. The summed E-state index contributed by atoms with van der Waals surface area (Å²) in [6, 6.07) is 20.6. The normalized spacial score (nSPS) is 17.6. The summed E-state index contributed by atoms with van der Waals surface area (Å²) >= 11 is 0. The molecule has 2 N–H and O–H groups in total. The summed E-state index contributed by atoms with van der Waals surface area (Å²) in [6.07, 6.45) is -0.841. The summed E-state index contributed by atoms with van der Waals surface area (Å²) in [6.45, 7) is 1.74. The Morgan fingerprint density at radius 2 is 1.57 bits per heavy atom. The fourth-order valence-corrected chi connectivity index (χ4v) is 3.15. The molecule has 4 nitrogen and oxygen atoms in total. The lowest BCUT2D eigenvalue weighted by atomic mass is 9.84. The van der Waals surface area contributed by atoms with Crippen LogP contribution in [0.1, 0.15) is 17.0 Å². The van der Waals surface area contributed by atoms with Crippen molar-refractivity contribution in [3.05, 3.63) is 71.8 Å². The summed E-state index contributed by atoms with van der Waals surface area (Å²) in [5.41, 5.74) is 2.41. The van der Waals surface area contributed by atoms with E-state index in [1.54, 1.807) is 0 Å². The van der Waals surface area contributed by atoms with Gasteiger partial charge in [-0.1, -0.05) is 60.7 Å². The van der Waals surface area contributed by atoms with Gasteiger partial charge in [-0.15, -0.1) is 12.4 Å². The maximum Gasteiger partial charge on any atom is 0.407 e. The number of hydrogen-bond donors (Lipinski definition) is 2. The van der Waals surface area contributed by atoms with Crippen LogP contribution in [0.2, 0.25) is 0 Å². The summed E-state index contributed by atoms with van der Waals surface area (Å²) in [5, 5.41) is 12.8. The van der Waals surface area contributed by atoms with Crippen molar-refractivity contribution in [1.29, 1.82) is 0 Å². The van der Waals surface area contributed by atoms with Crippen molar-refractivity contribution in [3.63, 3.8) is 0 Å². The second-order valence-corrected chi connectivity index (χ2v) is 5.59. The number of benzene rings is 2. The minimum atomic E-state index is -0.841. The number of carbonyl (C=O) groups is 1. The van der Waals surface area contributed by atoms with Crippen molar-refractivity contribution in [1.82, 2.24) is 10.2 Å². The van der Waals surface area contributed by atoms with Crippen LogP contribution < -0.4 is 5.32 Å². The zero-order valence-electron chi connectivity index (χ0n) is 12.8. The van der Waals surface area contributed by atoms with Gasteiger partial charge in [0.15, 0.2) is 0 Å². The van der Waals surface area contributed by atoms with E-state index in [9.17, 15) is 9.90 Å². The van der Waals surface area contributed by atoms with Crippen LogP contribution in [0.4, 0.5) is 4.79 Å². The number of rotatable bonds is 3. The largest absolute Gasteiger partial charge is 0.465 e. The first kappa shape index (κ1) is 17.3. The quantitative estimate of drug-likeness (QED) is 0.907. The maximum atomic E-state index is 11.3. The molecule has 122 valence electrons. The van der Waals surface area contributed by atoms with E-state index >= 15 is 0 Å². The number of amides is 1. The summed E-state index contributed by atoms with van der Waals surface area (Å²) in [4.78, 5) is 12.8. The Bertz CT molecular complexity index is 582. The molecule has 1 amide bonds. The monoisotopic (exact) mass is 332 g/mol. The van der Waals surface area contributed by atoms with Gasteiger partial charge in [-0.25, -0.2) is 4.79 Å². The highest BCUT2D eigenvalue weighted by Crippen LogP contribution is 2.29. The highest BCUT2D eigenvalue weighted by Gasteiger charge is 2.30. The zero-order chi connectivity index (χ0) is 15.4. The molecular formula is C18H21ClN2O2. The van der Waals surface area contributed by atoms with Crippen molar-refractivity contribution in [3.8, 4) is 0 Å². The predicted molar refractivity (Wildman–Crippen MR) is 93.4 cm³/mol. The third-order valence-electron chi connectivity index (χ3n) is 4.20. The molecular weight excluding hydrogens is 312 g/mol. The molecule has 23 heavy (non-hydrogen) atoms. The third-order valence-corrected chi connectivity index (χ3v) is 4.20. The van der Waals surface area contributed by atoms with E-state index in [1.165, 1.54) is 16.0 Å². The molecule has 5 heteroatoms. The molecule has 1 saturated heterocycles. The van der Waals surface area contributed by atoms with E-state index in [1.807, 2.05) is 36.4 Å². The molecule has 1 atom stereocenters. The molecule has 1 heterocycles. The van der Waals surface area contributed by atoms with Crippen LogP contribution in [0.3, 0.4) is 0 Å². The average molecular weight is 333 g/mol. The van der Waals surface area contributed by atoms with E-state index in [0.717, 1.165) is 0 Å². The molecule has 1 fully saturated rings. The Balaban J connectivity index is 0.00000192. The van der Waals surface area contributed by atoms with E-state index in [2.05, 4.69) is 29.6 Å². The van der Waals surface area contributed by atoms with Gasteiger partial charge in [0.25, 0.3) is 0 Å². The SMILES string of the molecule is Cl.O=C(O)N1CCN[C@H](C(c2ccccc2)c2ccccc2)C1. The van der Waals surface area contributed by atoms with Crippen molar-refractivity contribution in [2.24, 2.45) is 0 Å². The molecule has 0 radical (unpaired) electrons. The molecule has 2 aromatic rings. The maximum absolute atomic E-state index is 11.3. The van der Waals surface area contributed by atoms with Gasteiger partial charge in [-0.05, 0) is 11.1 Å². The smallest absolute Gasteiger partial charge is 0.407 e. The third kappa shape index (κ3) is 4.03. The Morgan fingerprint density at radius 1 is 1.04 bits per heavy atom. The number of nitrogens with one attached hydrogen (secondary N) is 1. The predicted octanol–water partition coefficient (Wildman–Crippen LogP) is 3.19. The highest BCUT2D eigenvalue weighted by molar-refractivity contribution is 5.85. The molecule has 0 saturated carbocycles. The molecule has 1 aliphatic rings. The molecule has 3 rings (SSSR count). The number of halogens is 1. The van der Waals surface area contributed by atoms with Crippen LogP contribution in [0.5, 0.6) is 0 Å². The first-order chi connectivity index (χ1) is 10.8. The Morgan fingerprint density at radius 3 is 2.04 bits per heavy atom. The van der Waals surface area contributed by atoms with Crippen LogP contribution in [-0.4, -0.2) is 41.8 Å². The lowest BCUT2D eigenvalue weighted by Crippen LogP contribution is -2.54. The molecule has 0 bridgehead atoms. The van der Waals surface area contributed by atoms with E-state index in [4.69, 9.17) is 0 Å². The van der Waals surface area contributed by atoms with Gasteiger partial charge in [0.1, 0.15) is 0 Å². The molecule has 0 aromatic heterocycles.